The van der Waals surface area contributed by atoms with Crippen LogP contribution in [0.25, 0.3) is 33.0 Å². The van der Waals surface area contributed by atoms with Gasteiger partial charge in [-0.2, -0.15) is 0 Å². The Balaban J connectivity index is 1.26. The molecule has 0 heterocycles. The second kappa shape index (κ2) is 11.8. The van der Waals surface area contributed by atoms with Crippen LogP contribution in [0.5, 0.6) is 0 Å². The van der Waals surface area contributed by atoms with Crippen LogP contribution in [-0.2, 0) is 5.41 Å². The van der Waals surface area contributed by atoms with Crippen LogP contribution in [0.2, 0.25) is 0 Å². The molecule has 1 aliphatic rings. The molecule has 0 atom stereocenters. The molecule has 0 fully saturated rings. The first-order chi connectivity index (χ1) is 24.2. The molecule has 0 unspecified atom stereocenters. The molecule has 0 aromatic heterocycles. The van der Waals surface area contributed by atoms with Crippen molar-refractivity contribution in [2.24, 2.45) is 0 Å². The monoisotopic (exact) mass is 629 g/mol. The van der Waals surface area contributed by atoms with Gasteiger partial charge < -0.3 is 4.90 Å². The first-order valence-corrected chi connectivity index (χ1v) is 16.7. The Morgan fingerprint density at radius 3 is 1.43 bits per heavy atom. The fourth-order valence-corrected chi connectivity index (χ4v) is 7.88. The second-order valence-corrected chi connectivity index (χ2v) is 12.6. The SMILES string of the molecule is Fc1cc2c(c3ccccc13)-c1ccc(-c3ccc(N(c4ccccc4)c4ccccc4)cc3)cc1C2(c1ccccc1)c1ccccc1. The summed E-state index contributed by atoms with van der Waals surface area (Å²) in [5.74, 6) is -0.199. The minimum atomic E-state index is -0.703. The molecule has 0 spiro atoms. The molecule has 49 heavy (non-hydrogen) atoms. The van der Waals surface area contributed by atoms with E-state index in [1.165, 1.54) is 0 Å². The Bertz CT molecular complexity index is 2340. The third-order valence-electron chi connectivity index (χ3n) is 9.99. The molecule has 9 rings (SSSR count). The smallest absolute Gasteiger partial charge is 0.131 e. The predicted molar refractivity (Wildman–Crippen MR) is 201 cm³/mol. The lowest BCUT2D eigenvalue weighted by molar-refractivity contribution is 0.633. The summed E-state index contributed by atoms with van der Waals surface area (Å²) in [7, 11) is 0. The molecular formula is C47H32FN. The van der Waals surface area contributed by atoms with Crippen molar-refractivity contribution in [3.8, 4) is 22.3 Å². The molecule has 0 amide bonds. The van der Waals surface area contributed by atoms with Gasteiger partial charge in [-0.3, -0.25) is 0 Å². The van der Waals surface area contributed by atoms with Crippen molar-refractivity contribution >= 4 is 27.8 Å². The number of hydrogen-bond acceptors (Lipinski definition) is 1. The van der Waals surface area contributed by atoms with Crippen molar-refractivity contribution < 1.29 is 4.39 Å². The average molecular weight is 630 g/mol. The van der Waals surface area contributed by atoms with Gasteiger partial charge in [0.15, 0.2) is 0 Å². The molecule has 0 radical (unpaired) electrons. The van der Waals surface area contributed by atoms with E-state index in [-0.39, 0.29) is 5.82 Å². The maximum absolute atomic E-state index is 16.1. The first kappa shape index (κ1) is 28.9. The van der Waals surface area contributed by atoms with Gasteiger partial charge in [0.05, 0.1) is 5.41 Å². The minimum absolute atomic E-state index is 0.199. The number of nitrogens with zero attached hydrogens (tertiary/aromatic N) is 1. The maximum Gasteiger partial charge on any atom is 0.131 e. The molecule has 0 aliphatic heterocycles. The highest BCUT2D eigenvalue weighted by atomic mass is 19.1. The van der Waals surface area contributed by atoms with E-state index in [1.54, 1.807) is 6.07 Å². The first-order valence-electron chi connectivity index (χ1n) is 16.7. The normalized spacial score (nSPS) is 12.8. The van der Waals surface area contributed by atoms with Gasteiger partial charge in [-0.1, -0.05) is 146 Å². The van der Waals surface area contributed by atoms with Crippen molar-refractivity contribution in [3.05, 3.63) is 222 Å². The molecule has 0 N–H and O–H groups in total. The van der Waals surface area contributed by atoms with Crippen LogP contribution in [-0.4, -0.2) is 0 Å². The van der Waals surface area contributed by atoms with Crippen LogP contribution in [0, 0.1) is 5.82 Å². The lowest BCUT2D eigenvalue weighted by atomic mass is 9.67. The Hall–Kier alpha value is -6.25. The summed E-state index contributed by atoms with van der Waals surface area (Å²) in [6, 6.07) is 67.4. The largest absolute Gasteiger partial charge is 0.311 e. The van der Waals surface area contributed by atoms with E-state index >= 15 is 4.39 Å². The van der Waals surface area contributed by atoms with Crippen LogP contribution in [0.1, 0.15) is 22.3 Å². The highest BCUT2D eigenvalue weighted by molar-refractivity contribution is 6.04. The standard InChI is InChI=1S/C47H32FN/c48-45-32-44-46(41-24-14-13-23-40(41)45)42-30-27-34(31-43(42)47(44,35-15-5-1-6-16-35)36-17-7-2-8-18-36)33-25-28-39(29-26-33)49(37-19-9-3-10-20-37)38-21-11-4-12-22-38/h1-32H. The van der Waals surface area contributed by atoms with Crippen LogP contribution in [0.3, 0.4) is 0 Å². The molecule has 2 heteroatoms. The number of halogens is 1. The van der Waals surface area contributed by atoms with E-state index in [0.717, 1.165) is 67.0 Å². The molecule has 1 aliphatic carbocycles. The summed E-state index contributed by atoms with van der Waals surface area (Å²) in [5, 5.41) is 1.58. The van der Waals surface area contributed by atoms with Gasteiger partial charge in [0.1, 0.15) is 5.82 Å². The van der Waals surface area contributed by atoms with Gasteiger partial charge in [0.25, 0.3) is 0 Å². The summed E-state index contributed by atoms with van der Waals surface area (Å²) in [6.07, 6.45) is 0. The van der Waals surface area contributed by atoms with E-state index < -0.39 is 5.41 Å². The van der Waals surface area contributed by atoms with Gasteiger partial charge in [-0.25, -0.2) is 4.39 Å². The quantitative estimate of drug-likeness (QED) is 0.177. The number of para-hydroxylation sites is 2. The van der Waals surface area contributed by atoms with Gasteiger partial charge in [0.2, 0.25) is 0 Å². The van der Waals surface area contributed by atoms with E-state index in [4.69, 9.17) is 0 Å². The Morgan fingerprint density at radius 2 is 0.857 bits per heavy atom. The van der Waals surface area contributed by atoms with Crippen molar-refractivity contribution in [3.63, 3.8) is 0 Å². The number of anilines is 3. The highest BCUT2D eigenvalue weighted by Gasteiger charge is 2.47. The Labute approximate surface area is 286 Å². The third-order valence-corrected chi connectivity index (χ3v) is 9.99. The molecule has 8 aromatic rings. The van der Waals surface area contributed by atoms with Crippen molar-refractivity contribution in [2.75, 3.05) is 4.90 Å². The van der Waals surface area contributed by atoms with E-state index in [1.807, 2.05) is 42.5 Å². The van der Waals surface area contributed by atoms with Crippen LogP contribution >= 0.6 is 0 Å². The molecule has 0 saturated heterocycles. The minimum Gasteiger partial charge on any atom is -0.311 e. The van der Waals surface area contributed by atoms with Gasteiger partial charge in [-0.15, -0.1) is 0 Å². The predicted octanol–water partition coefficient (Wildman–Crippen LogP) is 12.5. The summed E-state index contributed by atoms with van der Waals surface area (Å²) < 4.78 is 16.1. The zero-order valence-corrected chi connectivity index (χ0v) is 26.8. The van der Waals surface area contributed by atoms with E-state index in [9.17, 15) is 0 Å². The van der Waals surface area contributed by atoms with E-state index in [0.29, 0.717) is 5.39 Å². The Morgan fingerprint density at radius 1 is 0.388 bits per heavy atom. The lowest BCUT2D eigenvalue weighted by Crippen LogP contribution is -2.28. The maximum atomic E-state index is 16.1. The van der Waals surface area contributed by atoms with Gasteiger partial charge >= 0.3 is 0 Å². The van der Waals surface area contributed by atoms with Crippen LogP contribution in [0.4, 0.5) is 21.5 Å². The van der Waals surface area contributed by atoms with Gasteiger partial charge in [0, 0.05) is 22.4 Å². The lowest BCUT2D eigenvalue weighted by Gasteiger charge is -2.34. The van der Waals surface area contributed by atoms with Crippen molar-refractivity contribution in [2.45, 2.75) is 5.41 Å². The molecule has 1 nitrogen and oxygen atoms in total. The van der Waals surface area contributed by atoms with Crippen molar-refractivity contribution in [1.82, 2.24) is 0 Å². The molecule has 8 aromatic carbocycles. The topological polar surface area (TPSA) is 3.24 Å². The molecule has 0 bridgehead atoms. The summed E-state index contributed by atoms with van der Waals surface area (Å²) in [4.78, 5) is 2.28. The zero-order chi connectivity index (χ0) is 32.8. The summed E-state index contributed by atoms with van der Waals surface area (Å²) in [6.45, 7) is 0. The molecule has 232 valence electrons. The molecular weight excluding hydrogens is 598 g/mol. The van der Waals surface area contributed by atoms with Crippen LogP contribution < -0.4 is 4.90 Å². The number of fused-ring (bicyclic) bond motifs is 5. The fourth-order valence-electron chi connectivity index (χ4n) is 7.88. The summed E-state index contributed by atoms with van der Waals surface area (Å²) in [5.41, 5.74) is 11.4. The molecule has 0 saturated carbocycles. The highest BCUT2D eigenvalue weighted by Crippen LogP contribution is 2.58. The Kier molecular flexibility index (Phi) is 6.95. The number of rotatable bonds is 6. The zero-order valence-electron chi connectivity index (χ0n) is 26.8. The van der Waals surface area contributed by atoms with E-state index in [2.05, 4.69) is 150 Å². The third kappa shape index (κ3) is 4.60. The number of hydrogen-bond donors (Lipinski definition) is 0. The van der Waals surface area contributed by atoms with Crippen LogP contribution in [0.15, 0.2) is 194 Å². The summed E-state index contributed by atoms with van der Waals surface area (Å²) >= 11 is 0. The van der Waals surface area contributed by atoms with Gasteiger partial charge in [-0.05, 0) is 98.4 Å². The average Bonchev–Trinajstić information content (AvgIpc) is 3.47. The second-order valence-electron chi connectivity index (χ2n) is 12.6. The number of benzene rings is 8. The van der Waals surface area contributed by atoms with Crippen molar-refractivity contribution in [1.29, 1.82) is 0 Å². The fraction of sp³-hybridized carbons (Fsp3) is 0.0213.